The van der Waals surface area contributed by atoms with Gasteiger partial charge in [0.15, 0.2) is 0 Å². The van der Waals surface area contributed by atoms with Crippen LogP contribution >= 0.6 is 12.6 Å². The van der Waals surface area contributed by atoms with Crippen LogP contribution in [0.2, 0.25) is 0 Å². The molecule has 0 saturated heterocycles. The standard InChI is InChI=1S/C8H18N2OS/c1-6(10(3)4)5-9-8(11)7(2)12/h6-7,12H,5H2,1-4H3,(H,9,11). The van der Waals surface area contributed by atoms with Crippen molar-refractivity contribution >= 4 is 18.5 Å². The molecule has 0 aliphatic carbocycles. The first-order chi connectivity index (χ1) is 5.45. The molecule has 0 bridgehead atoms. The molecule has 1 amide bonds. The van der Waals surface area contributed by atoms with Crippen LogP contribution in [0.4, 0.5) is 0 Å². The molecule has 0 aliphatic rings. The molecule has 0 saturated carbocycles. The van der Waals surface area contributed by atoms with Crippen LogP contribution in [0.25, 0.3) is 0 Å². The Morgan fingerprint density at radius 2 is 2.00 bits per heavy atom. The normalized spacial score (nSPS) is 15.8. The van der Waals surface area contributed by atoms with Gasteiger partial charge in [0.2, 0.25) is 5.91 Å². The SMILES string of the molecule is CC(S)C(=O)NCC(C)N(C)C. The molecule has 0 radical (unpaired) electrons. The van der Waals surface area contributed by atoms with Crippen molar-refractivity contribution in [3.63, 3.8) is 0 Å². The summed E-state index contributed by atoms with van der Waals surface area (Å²) in [5.74, 6) is -0.00738. The zero-order valence-corrected chi connectivity index (χ0v) is 9.06. The fourth-order valence-corrected chi connectivity index (χ4v) is 0.670. The van der Waals surface area contributed by atoms with Crippen LogP contribution in [0.5, 0.6) is 0 Å². The van der Waals surface area contributed by atoms with E-state index in [1.807, 2.05) is 14.1 Å². The van der Waals surface area contributed by atoms with E-state index in [-0.39, 0.29) is 11.2 Å². The lowest BCUT2D eigenvalue weighted by Gasteiger charge is -2.20. The molecule has 3 nitrogen and oxygen atoms in total. The third kappa shape index (κ3) is 4.62. The number of hydrogen-bond acceptors (Lipinski definition) is 3. The van der Waals surface area contributed by atoms with Crippen LogP contribution in [-0.2, 0) is 4.79 Å². The third-order valence-electron chi connectivity index (χ3n) is 1.83. The number of thiol groups is 1. The number of hydrogen-bond donors (Lipinski definition) is 2. The molecule has 72 valence electrons. The topological polar surface area (TPSA) is 32.3 Å². The minimum Gasteiger partial charge on any atom is -0.354 e. The first-order valence-corrected chi connectivity index (χ1v) is 4.59. The van der Waals surface area contributed by atoms with E-state index in [0.717, 1.165) is 0 Å². The van der Waals surface area contributed by atoms with Crippen LogP contribution in [0, 0.1) is 0 Å². The Morgan fingerprint density at radius 1 is 1.50 bits per heavy atom. The zero-order valence-electron chi connectivity index (χ0n) is 8.16. The number of carbonyl (C=O) groups excluding carboxylic acids is 1. The van der Waals surface area contributed by atoms with Crippen molar-refractivity contribution in [3.8, 4) is 0 Å². The van der Waals surface area contributed by atoms with Gasteiger partial charge in [-0.3, -0.25) is 4.79 Å². The van der Waals surface area contributed by atoms with E-state index >= 15 is 0 Å². The van der Waals surface area contributed by atoms with E-state index < -0.39 is 0 Å². The van der Waals surface area contributed by atoms with Crippen molar-refractivity contribution in [2.45, 2.75) is 25.1 Å². The average molecular weight is 190 g/mol. The van der Waals surface area contributed by atoms with E-state index in [4.69, 9.17) is 0 Å². The summed E-state index contributed by atoms with van der Waals surface area (Å²) in [6.45, 7) is 4.50. The highest BCUT2D eigenvalue weighted by molar-refractivity contribution is 7.81. The highest BCUT2D eigenvalue weighted by atomic mass is 32.1. The van der Waals surface area contributed by atoms with Gasteiger partial charge < -0.3 is 10.2 Å². The lowest BCUT2D eigenvalue weighted by molar-refractivity contribution is -0.120. The van der Waals surface area contributed by atoms with Gasteiger partial charge in [0.05, 0.1) is 5.25 Å². The van der Waals surface area contributed by atoms with Gasteiger partial charge in [-0.15, -0.1) is 0 Å². The van der Waals surface area contributed by atoms with Gasteiger partial charge in [-0.05, 0) is 27.9 Å². The first-order valence-electron chi connectivity index (χ1n) is 4.07. The van der Waals surface area contributed by atoms with Gasteiger partial charge in [-0.2, -0.15) is 12.6 Å². The Morgan fingerprint density at radius 3 is 2.33 bits per heavy atom. The maximum atomic E-state index is 11.1. The van der Waals surface area contributed by atoms with E-state index in [0.29, 0.717) is 12.6 Å². The minimum atomic E-state index is -0.223. The van der Waals surface area contributed by atoms with Crippen molar-refractivity contribution < 1.29 is 4.79 Å². The molecule has 0 aliphatic heterocycles. The number of likely N-dealkylation sites (N-methyl/N-ethyl adjacent to an activating group) is 1. The molecule has 2 unspecified atom stereocenters. The van der Waals surface area contributed by atoms with Gasteiger partial charge in [-0.25, -0.2) is 0 Å². The number of amides is 1. The molecule has 12 heavy (non-hydrogen) atoms. The summed E-state index contributed by atoms with van der Waals surface area (Å²) in [6.07, 6.45) is 0. The molecule has 0 heterocycles. The molecule has 0 rings (SSSR count). The molecule has 0 spiro atoms. The second-order valence-corrected chi connectivity index (χ2v) is 4.01. The van der Waals surface area contributed by atoms with Crippen molar-refractivity contribution in [2.75, 3.05) is 20.6 Å². The maximum Gasteiger partial charge on any atom is 0.232 e. The molecule has 1 N–H and O–H groups in total. The summed E-state index contributed by atoms with van der Waals surface area (Å²) >= 11 is 4.02. The van der Waals surface area contributed by atoms with Gasteiger partial charge in [0.1, 0.15) is 0 Å². The van der Waals surface area contributed by atoms with Gasteiger partial charge in [0, 0.05) is 12.6 Å². The average Bonchev–Trinajstić information content (AvgIpc) is 1.98. The van der Waals surface area contributed by atoms with Gasteiger partial charge in [-0.1, -0.05) is 0 Å². The van der Waals surface area contributed by atoms with Crippen LogP contribution < -0.4 is 5.32 Å². The predicted octanol–water partition coefficient (Wildman–Crippen LogP) is 0.371. The van der Waals surface area contributed by atoms with E-state index in [2.05, 4.69) is 29.8 Å². The summed E-state index contributed by atoms with van der Waals surface area (Å²) in [5, 5.41) is 2.58. The van der Waals surface area contributed by atoms with Crippen molar-refractivity contribution in [3.05, 3.63) is 0 Å². The fourth-order valence-electron chi connectivity index (χ4n) is 0.579. The lowest BCUT2D eigenvalue weighted by atomic mass is 10.3. The summed E-state index contributed by atoms with van der Waals surface area (Å²) in [6, 6.07) is 0.362. The Balaban J connectivity index is 3.61. The Bertz CT molecular complexity index is 148. The van der Waals surface area contributed by atoms with Crippen LogP contribution in [0.15, 0.2) is 0 Å². The van der Waals surface area contributed by atoms with Gasteiger partial charge >= 0.3 is 0 Å². The predicted molar refractivity (Wildman–Crippen MR) is 54.6 cm³/mol. The minimum absolute atomic E-state index is 0.00738. The molecule has 0 aromatic rings. The lowest BCUT2D eigenvalue weighted by Crippen LogP contribution is -2.40. The quantitative estimate of drug-likeness (QED) is 0.628. The van der Waals surface area contributed by atoms with Crippen LogP contribution in [0.1, 0.15) is 13.8 Å². The summed E-state index contributed by atoms with van der Waals surface area (Å²) in [7, 11) is 3.97. The van der Waals surface area contributed by atoms with E-state index in [1.165, 1.54) is 0 Å². The smallest absolute Gasteiger partial charge is 0.232 e. The Hall–Kier alpha value is -0.220. The molecule has 2 atom stereocenters. The van der Waals surface area contributed by atoms with Crippen molar-refractivity contribution in [2.24, 2.45) is 0 Å². The third-order valence-corrected chi connectivity index (χ3v) is 2.07. The van der Waals surface area contributed by atoms with Gasteiger partial charge in [0.25, 0.3) is 0 Å². The Kier molecular flexibility index (Phi) is 5.33. The molecule has 4 heteroatoms. The number of rotatable bonds is 4. The number of nitrogens with zero attached hydrogens (tertiary/aromatic N) is 1. The molecule has 0 aromatic carbocycles. The van der Waals surface area contributed by atoms with Crippen LogP contribution in [0.3, 0.4) is 0 Å². The molecular weight excluding hydrogens is 172 g/mol. The van der Waals surface area contributed by atoms with Crippen molar-refractivity contribution in [1.82, 2.24) is 10.2 Å². The second kappa shape index (κ2) is 5.43. The zero-order chi connectivity index (χ0) is 9.72. The second-order valence-electron chi connectivity index (χ2n) is 3.23. The van der Waals surface area contributed by atoms with Crippen LogP contribution in [-0.4, -0.2) is 42.7 Å². The summed E-state index contributed by atoms with van der Waals surface area (Å²) in [5.41, 5.74) is 0. The first kappa shape index (κ1) is 11.8. The summed E-state index contributed by atoms with van der Waals surface area (Å²) < 4.78 is 0. The monoisotopic (exact) mass is 190 g/mol. The highest BCUT2D eigenvalue weighted by Gasteiger charge is 2.09. The number of nitrogens with one attached hydrogen (secondary N) is 1. The summed E-state index contributed by atoms with van der Waals surface area (Å²) in [4.78, 5) is 13.1. The largest absolute Gasteiger partial charge is 0.354 e. The maximum absolute atomic E-state index is 11.1. The van der Waals surface area contributed by atoms with E-state index in [9.17, 15) is 4.79 Å². The highest BCUT2D eigenvalue weighted by Crippen LogP contribution is 1.93. The number of carbonyl (C=O) groups is 1. The molecule has 0 fully saturated rings. The molecule has 0 aromatic heterocycles. The van der Waals surface area contributed by atoms with E-state index in [1.54, 1.807) is 6.92 Å². The fraction of sp³-hybridized carbons (Fsp3) is 0.875. The Labute approximate surface area is 79.9 Å². The van der Waals surface area contributed by atoms with Crippen molar-refractivity contribution in [1.29, 1.82) is 0 Å². The molecular formula is C8H18N2OS.